The van der Waals surface area contributed by atoms with Crippen LogP contribution in [0.1, 0.15) is 26.7 Å². The van der Waals surface area contributed by atoms with E-state index in [0.29, 0.717) is 6.04 Å². The van der Waals surface area contributed by atoms with E-state index in [0.717, 1.165) is 11.8 Å². The van der Waals surface area contributed by atoms with Crippen LogP contribution in [-0.4, -0.2) is 26.2 Å². The van der Waals surface area contributed by atoms with Gasteiger partial charge < -0.3 is 10.6 Å². The summed E-state index contributed by atoms with van der Waals surface area (Å²) in [7, 11) is 2.08. The van der Waals surface area contributed by atoms with Crippen molar-refractivity contribution in [3.05, 3.63) is 0 Å². The van der Waals surface area contributed by atoms with Crippen molar-refractivity contribution in [2.45, 2.75) is 32.7 Å². The van der Waals surface area contributed by atoms with Crippen LogP contribution in [0, 0.1) is 11.8 Å². The van der Waals surface area contributed by atoms with Crippen molar-refractivity contribution in [2.75, 3.05) is 20.1 Å². The monoisotopic (exact) mass is 170 g/mol. The average molecular weight is 170 g/mol. The molecule has 0 aromatic rings. The van der Waals surface area contributed by atoms with Crippen LogP contribution in [0.2, 0.25) is 0 Å². The highest BCUT2D eigenvalue weighted by molar-refractivity contribution is 4.78. The van der Waals surface area contributed by atoms with Crippen molar-refractivity contribution in [2.24, 2.45) is 11.8 Å². The van der Waals surface area contributed by atoms with Crippen LogP contribution in [0.25, 0.3) is 0 Å². The topological polar surface area (TPSA) is 24.1 Å². The SMILES string of the molecule is CNC(CC1CCNC1)C(C)C. The van der Waals surface area contributed by atoms with Crippen molar-refractivity contribution in [3.8, 4) is 0 Å². The van der Waals surface area contributed by atoms with Crippen LogP contribution in [0.3, 0.4) is 0 Å². The highest BCUT2D eigenvalue weighted by Gasteiger charge is 2.20. The van der Waals surface area contributed by atoms with Gasteiger partial charge in [-0.15, -0.1) is 0 Å². The molecule has 0 spiro atoms. The molecule has 0 amide bonds. The first kappa shape index (κ1) is 10.0. The van der Waals surface area contributed by atoms with E-state index in [1.165, 1.54) is 25.9 Å². The standard InChI is InChI=1S/C10H22N2/c1-8(2)10(11-3)6-9-4-5-12-7-9/h8-12H,4-7H2,1-3H3. The largest absolute Gasteiger partial charge is 0.317 e. The number of hydrogen-bond donors (Lipinski definition) is 2. The molecule has 12 heavy (non-hydrogen) atoms. The van der Waals surface area contributed by atoms with E-state index >= 15 is 0 Å². The summed E-state index contributed by atoms with van der Waals surface area (Å²) in [6.45, 7) is 7.04. The lowest BCUT2D eigenvalue weighted by atomic mass is 9.92. The van der Waals surface area contributed by atoms with Crippen molar-refractivity contribution in [1.29, 1.82) is 0 Å². The van der Waals surface area contributed by atoms with E-state index in [9.17, 15) is 0 Å². The Kier molecular flexibility index (Phi) is 4.02. The maximum Gasteiger partial charge on any atom is 0.00901 e. The predicted octanol–water partition coefficient (Wildman–Crippen LogP) is 1.23. The predicted molar refractivity (Wildman–Crippen MR) is 53.3 cm³/mol. The maximum absolute atomic E-state index is 3.41. The Balaban J connectivity index is 2.26. The van der Waals surface area contributed by atoms with Gasteiger partial charge in [-0.25, -0.2) is 0 Å². The molecule has 2 heteroatoms. The second kappa shape index (κ2) is 4.83. The Hall–Kier alpha value is -0.0800. The molecule has 2 nitrogen and oxygen atoms in total. The van der Waals surface area contributed by atoms with Gasteiger partial charge >= 0.3 is 0 Å². The zero-order valence-electron chi connectivity index (χ0n) is 8.56. The van der Waals surface area contributed by atoms with E-state index in [1.807, 2.05) is 0 Å². The minimum Gasteiger partial charge on any atom is -0.317 e. The van der Waals surface area contributed by atoms with E-state index in [2.05, 4.69) is 31.5 Å². The molecule has 0 saturated carbocycles. The molecule has 2 N–H and O–H groups in total. The summed E-state index contributed by atoms with van der Waals surface area (Å²) >= 11 is 0. The Morgan fingerprint density at radius 1 is 1.50 bits per heavy atom. The van der Waals surface area contributed by atoms with Gasteiger partial charge in [0.15, 0.2) is 0 Å². The van der Waals surface area contributed by atoms with Crippen LogP contribution in [0.15, 0.2) is 0 Å². The molecule has 2 unspecified atom stereocenters. The van der Waals surface area contributed by atoms with Crippen molar-refractivity contribution in [3.63, 3.8) is 0 Å². The first-order chi connectivity index (χ1) is 5.74. The summed E-state index contributed by atoms with van der Waals surface area (Å²) in [5, 5.41) is 6.81. The molecule has 1 rings (SSSR count). The van der Waals surface area contributed by atoms with E-state index < -0.39 is 0 Å². The molecule has 2 atom stereocenters. The number of nitrogens with one attached hydrogen (secondary N) is 2. The van der Waals surface area contributed by atoms with Crippen LogP contribution < -0.4 is 10.6 Å². The fourth-order valence-corrected chi connectivity index (χ4v) is 2.00. The Labute approximate surface area is 76.1 Å². The molecular formula is C10H22N2. The normalized spacial score (nSPS) is 26.5. The van der Waals surface area contributed by atoms with Crippen molar-refractivity contribution < 1.29 is 0 Å². The van der Waals surface area contributed by atoms with Crippen molar-refractivity contribution in [1.82, 2.24) is 10.6 Å². The van der Waals surface area contributed by atoms with Crippen LogP contribution in [0.4, 0.5) is 0 Å². The van der Waals surface area contributed by atoms with E-state index in [-0.39, 0.29) is 0 Å². The summed E-state index contributed by atoms with van der Waals surface area (Å²) in [5.74, 6) is 1.67. The second-order valence-corrected chi connectivity index (χ2v) is 4.23. The molecule has 0 aliphatic carbocycles. The molecule has 0 aromatic heterocycles. The minimum atomic E-state index is 0.704. The van der Waals surface area contributed by atoms with E-state index in [1.54, 1.807) is 0 Å². The summed E-state index contributed by atoms with van der Waals surface area (Å²) in [4.78, 5) is 0. The first-order valence-corrected chi connectivity index (χ1v) is 5.12. The first-order valence-electron chi connectivity index (χ1n) is 5.12. The Bertz CT molecular complexity index is 117. The van der Waals surface area contributed by atoms with Crippen LogP contribution in [-0.2, 0) is 0 Å². The smallest absolute Gasteiger partial charge is 0.00901 e. The zero-order chi connectivity index (χ0) is 8.97. The summed E-state index contributed by atoms with van der Waals surface area (Å²) < 4.78 is 0. The Morgan fingerprint density at radius 3 is 2.67 bits per heavy atom. The lowest BCUT2D eigenvalue weighted by Gasteiger charge is -2.23. The van der Waals surface area contributed by atoms with Gasteiger partial charge in [-0.3, -0.25) is 0 Å². The van der Waals surface area contributed by atoms with Crippen LogP contribution >= 0.6 is 0 Å². The van der Waals surface area contributed by atoms with Gasteiger partial charge in [-0.2, -0.15) is 0 Å². The quantitative estimate of drug-likeness (QED) is 0.663. The summed E-state index contributed by atoms with van der Waals surface area (Å²) in [5.41, 5.74) is 0. The third-order valence-electron chi connectivity index (χ3n) is 2.93. The fraction of sp³-hybridized carbons (Fsp3) is 1.00. The average Bonchev–Trinajstić information content (AvgIpc) is 2.51. The molecule has 1 aliphatic heterocycles. The summed E-state index contributed by atoms with van der Waals surface area (Å²) in [6.07, 6.45) is 2.70. The van der Waals surface area contributed by atoms with Gasteiger partial charge in [0.05, 0.1) is 0 Å². The van der Waals surface area contributed by atoms with Gasteiger partial charge in [0.2, 0.25) is 0 Å². The Morgan fingerprint density at radius 2 is 2.25 bits per heavy atom. The number of hydrogen-bond acceptors (Lipinski definition) is 2. The third-order valence-corrected chi connectivity index (χ3v) is 2.93. The number of rotatable bonds is 4. The van der Waals surface area contributed by atoms with Crippen LogP contribution in [0.5, 0.6) is 0 Å². The fourth-order valence-electron chi connectivity index (χ4n) is 2.00. The van der Waals surface area contributed by atoms with Gasteiger partial charge in [-0.05, 0) is 44.8 Å². The molecule has 72 valence electrons. The minimum absolute atomic E-state index is 0.704. The molecule has 0 aromatic carbocycles. The molecular weight excluding hydrogens is 148 g/mol. The highest BCUT2D eigenvalue weighted by atomic mass is 14.9. The molecule has 0 bridgehead atoms. The van der Waals surface area contributed by atoms with Gasteiger partial charge in [-0.1, -0.05) is 13.8 Å². The van der Waals surface area contributed by atoms with Gasteiger partial charge in [0.25, 0.3) is 0 Å². The second-order valence-electron chi connectivity index (χ2n) is 4.23. The van der Waals surface area contributed by atoms with Crippen molar-refractivity contribution >= 4 is 0 Å². The molecule has 1 aliphatic rings. The lowest BCUT2D eigenvalue weighted by Crippen LogP contribution is -2.33. The maximum atomic E-state index is 3.41. The zero-order valence-corrected chi connectivity index (χ0v) is 8.56. The van der Waals surface area contributed by atoms with Gasteiger partial charge in [0, 0.05) is 6.04 Å². The highest BCUT2D eigenvalue weighted by Crippen LogP contribution is 2.18. The lowest BCUT2D eigenvalue weighted by molar-refractivity contribution is 0.345. The summed E-state index contributed by atoms with van der Waals surface area (Å²) in [6, 6.07) is 0.704. The van der Waals surface area contributed by atoms with Gasteiger partial charge in [0.1, 0.15) is 0 Å². The molecule has 1 saturated heterocycles. The molecule has 1 fully saturated rings. The molecule has 1 heterocycles. The van der Waals surface area contributed by atoms with E-state index in [4.69, 9.17) is 0 Å². The molecule has 0 radical (unpaired) electrons. The third kappa shape index (κ3) is 2.76.